The fraction of sp³-hybridized carbons (Fsp3) is 0.292. The number of benzene rings is 2. The molecule has 3 aromatic rings. The van der Waals surface area contributed by atoms with Crippen LogP contribution in [-0.4, -0.2) is 27.7 Å². The minimum absolute atomic E-state index is 0.208. The normalized spacial score (nSPS) is 14.4. The first-order valence-corrected chi connectivity index (χ1v) is 12.2. The van der Waals surface area contributed by atoms with Gasteiger partial charge in [-0.05, 0) is 41.4 Å². The van der Waals surface area contributed by atoms with Gasteiger partial charge in [-0.25, -0.2) is 4.90 Å². The molecule has 0 aliphatic carbocycles. The van der Waals surface area contributed by atoms with Crippen LogP contribution in [0.25, 0.3) is 11.3 Å². The molecular weight excluding hydrogens is 476 g/mol. The van der Waals surface area contributed by atoms with Crippen LogP contribution in [0.1, 0.15) is 45.3 Å². The highest BCUT2D eigenvalue weighted by molar-refractivity contribution is 7.99. The van der Waals surface area contributed by atoms with Crippen molar-refractivity contribution in [3.8, 4) is 17.0 Å². The summed E-state index contributed by atoms with van der Waals surface area (Å²) in [5.41, 5.74) is 1.86. The Morgan fingerprint density at radius 1 is 1.24 bits per heavy atom. The Balaban J connectivity index is 1.93. The Hall–Kier alpha value is -3.17. The number of thioether (sulfide) groups is 1. The minimum atomic E-state index is -0.765. The molecule has 10 heteroatoms. The van der Waals surface area contributed by atoms with E-state index < -0.39 is 12.1 Å². The van der Waals surface area contributed by atoms with Gasteiger partial charge in [-0.15, -0.1) is 0 Å². The smallest absolute Gasteiger partial charge is 0.325 e. The number of anilines is 1. The zero-order valence-electron chi connectivity index (χ0n) is 19.0. The fourth-order valence-corrected chi connectivity index (χ4v) is 5.07. The molecule has 0 radical (unpaired) electrons. The van der Waals surface area contributed by atoms with Crippen LogP contribution in [0.15, 0.2) is 52.4 Å². The van der Waals surface area contributed by atoms with Gasteiger partial charge in [-0.2, -0.15) is 0 Å². The van der Waals surface area contributed by atoms with Gasteiger partial charge in [-0.3, -0.25) is 19.4 Å². The first kappa shape index (κ1) is 24.0. The van der Waals surface area contributed by atoms with Crippen molar-refractivity contribution in [2.45, 2.75) is 44.9 Å². The number of rotatable bonds is 6. The lowest BCUT2D eigenvalue weighted by molar-refractivity contribution is -0.763. The number of unbranched alkanes of at least 4 members (excludes halogenated alkanes) is 1. The van der Waals surface area contributed by atoms with Crippen LogP contribution in [0.3, 0.4) is 0 Å². The van der Waals surface area contributed by atoms with Crippen LogP contribution < -0.4 is 19.9 Å². The van der Waals surface area contributed by atoms with E-state index in [9.17, 15) is 14.4 Å². The molecule has 0 spiro atoms. The third-order valence-electron chi connectivity index (χ3n) is 5.34. The number of hydrogen-bond donors (Lipinski definition) is 1. The number of aromatic nitrogens is 3. The number of fused-ring (bicyclic) bond motifs is 3. The Labute approximate surface area is 205 Å². The van der Waals surface area contributed by atoms with Crippen molar-refractivity contribution in [1.29, 1.82) is 0 Å². The summed E-state index contributed by atoms with van der Waals surface area (Å²) in [5, 5.41) is 5.42. The summed E-state index contributed by atoms with van der Waals surface area (Å²) in [6.07, 6.45) is 1.24. The predicted molar refractivity (Wildman–Crippen MR) is 130 cm³/mol. The zero-order valence-corrected chi connectivity index (χ0v) is 20.6. The molecule has 4 rings (SSSR count). The summed E-state index contributed by atoms with van der Waals surface area (Å²) < 4.78 is 6.73. The molecule has 0 unspecified atom stereocenters. The molecule has 176 valence electrons. The molecule has 1 amide bonds. The summed E-state index contributed by atoms with van der Waals surface area (Å²) in [6, 6.07) is 12.1. The molecule has 1 atom stereocenters. The van der Waals surface area contributed by atoms with E-state index in [1.54, 1.807) is 39.9 Å². The van der Waals surface area contributed by atoms with E-state index in [0.717, 1.165) is 18.6 Å². The lowest BCUT2D eigenvalue weighted by Gasteiger charge is -2.31. The maximum atomic E-state index is 13.3. The molecule has 2 aromatic carbocycles. The molecular formula is C24H24ClN4O4S+. The van der Waals surface area contributed by atoms with Gasteiger partial charge in [0, 0.05) is 30.3 Å². The maximum absolute atomic E-state index is 13.3. The number of hydrogen-bond acceptors (Lipinski definition) is 6. The highest BCUT2D eigenvalue weighted by Gasteiger charge is 2.45. The lowest BCUT2D eigenvalue weighted by atomic mass is 10.0. The van der Waals surface area contributed by atoms with Crippen LogP contribution in [0, 0.1) is 0 Å². The second-order valence-corrected chi connectivity index (χ2v) is 9.31. The Bertz CT molecular complexity index is 1330. The molecule has 8 nitrogen and oxygen atoms in total. The van der Waals surface area contributed by atoms with Gasteiger partial charge in [-0.1, -0.05) is 48.8 Å². The van der Waals surface area contributed by atoms with Crippen LogP contribution >= 0.6 is 23.4 Å². The monoisotopic (exact) mass is 499 g/mol. The van der Waals surface area contributed by atoms with Gasteiger partial charge < -0.3 is 4.74 Å². The highest BCUT2D eigenvalue weighted by atomic mass is 35.5. The van der Waals surface area contributed by atoms with Crippen LogP contribution in [0.2, 0.25) is 5.02 Å². The van der Waals surface area contributed by atoms with Crippen molar-refractivity contribution in [2.24, 2.45) is 0 Å². The van der Waals surface area contributed by atoms with Gasteiger partial charge >= 0.3 is 17.2 Å². The number of aromatic amines is 1. The van der Waals surface area contributed by atoms with E-state index in [2.05, 4.69) is 11.9 Å². The summed E-state index contributed by atoms with van der Waals surface area (Å²) >= 11 is 7.87. The van der Waals surface area contributed by atoms with Crippen LogP contribution in [0.5, 0.6) is 5.75 Å². The van der Waals surface area contributed by atoms with Gasteiger partial charge in [0.15, 0.2) is 0 Å². The highest BCUT2D eigenvalue weighted by Crippen LogP contribution is 2.38. The second-order valence-electron chi connectivity index (χ2n) is 7.82. The van der Waals surface area contributed by atoms with Gasteiger partial charge in [0.05, 0.1) is 16.3 Å². The SMILES string of the molecule is CCCCSc1n[n+]2c(c(=O)[nH]1)-c1ccccc1N(C(C)=O)[C@@H]2c1ccc(OC(C)=O)c(Cl)c1. The molecule has 1 aromatic heterocycles. The quantitative estimate of drug-likeness (QED) is 0.180. The van der Waals surface area contributed by atoms with Gasteiger partial charge in [0.2, 0.25) is 11.1 Å². The summed E-state index contributed by atoms with van der Waals surface area (Å²) in [6.45, 7) is 4.85. The first-order chi connectivity index (χ1) is 16.3. The van der Waals surface area contributed by atoms with E-state index in [-0.39, 0.29) is 22.2 Å². The van der Waals surface area contributed by atoms with Crippen molar-refractivity contribution >= 4 is 40.9 Å². The van der Waals surface area contributed by atoms with Gasteiger partial charge in [0.1, 0.15) is 5.75 Å². The van der Waals surface area contributed by atoms with Crippen molar-refractivity contribution in [1.82, 2.24) is 10.1 Å². The Kier molecular flexibility index (Phi) is 7.04. The number of carbonyl (C=O) groups excluding carboxylic acids is 2. The van der Waals surface area contributed by atoms with Crippen LogP contribution in [0.4, 0.5) is 5.69 Å². The van der Waals surface area contributed by atoms with E-state index >= 15 is 0 Å². The topological polar surface area (TPSA) is 96.2 Å². The number of para-hydroxylation sites is 1. The van der Waals surface area contributed by atoms with E-state index in [1.165, 1.54) is 25.6 Å². The third kappa shape index (κ3) is 4.58. The number of nitrogens with zero attached hydrogens (tertiary/aromatic N) is 3. The Morgan fingerprint density at radius 3 is 2.68 bits per heavy atom. The van der Waals surface area contributed by atoms with Crippen LogP contribution in [-0.2, 0) is 9.59 Å². The lowest BCUT2D eigenvalue weighted by Crippen LogP contribution is -2.60. The van der Waals surface area contributed by atoms with Crippen molar-refractivity contribution < 1.29 is 19.0 Å². The molecule has 34 heavy (non-hydrogen) atoms. The second kappa shape index (κ2) is 9.99. The molecule has 1 N–H and O–H groups in total. The average Bonchev–Trinajstić information content (AvgIpc) is 2.79. The summed E-state index contributed by atoms with van der Waals surface area (Å²) in [5.74, 6) is 0.300. The standard InChI is InChI=1S/C24H23ClN4O4S/c1-4-5-12-34-24-26-22(32)21-17-8-6-7-9-19(17)28(14(2)30)23(29(21)27-24)16-10-11-20(18(25)13-16)33-15(3)31/h6-11,13,23H,4-5,12H2,1-3H3/p+1/t23-/m0/s1. The van der Waals surface area contributed by atoms with Crippen molar-refractivity contribution in [3.63, 3.8) is 0 Å². The molecule has 2 heterocycles. The fourth-order valence-electron chi connectivity index (χ4n) is 3.91. The van der Waals surface area contributed by atoms with E-state index in [4.69, 9.17) is 21.4 Å². The molecule has 1 aliphatic rings. The summed E-state index contributed by atoms with van der Waals surface area (Å²) in [7, 11) is 0. The zero-order chi connectivity index (χ0) is 24.4. The maximum Gasteiger partial charge on any atom is 0.325 e. The number of esters is 1. The largest absolute Gasteiger partial charge is 0.425 e. The number of halogens is 1. The van der Waals surface area contributed by atoms with Gasteiger partial charge in [0.25, 0.3) is 6.17 Å². The average molecular weight is 500 g/mol. The number of H-pyrrole nitrogens is 1. The van der Waals surface area contributed by atoms with Crippen molar-refractivity contribution in [3.05, 3.63) is 63.4 Å². The summed E-state index contributed by atoms with van der Waals surface area (Å²) in [4.78, 5) is 42.0. The van der Waals surface area contributed by atoms with Crippen molar-refractivity contribution in [2.75, 3.05) is 10.7 Å². The number of nitrogens with one attached hydrogen (secondary N) is 1. The number of ether oxygens (including phenoxy) is 1. The minimum Gasteiger partial charge on any atom is -0.425 e. The Morgan fingerprint density at radius 2 is 2.00 bits per heavy atom. The molecule has 0 bridgehead atoms. The predicted octanol–water partition coefficient (Wildman–Crippen LogP) is 4.11. The van der Waals surface area contributed by atoms with E-state index in [0.29, 0.717) is 27.7 Å². The van der Waals surface area contributed by atoms with E-state index in [1.807, 2.05) is 12.1 Å². The molecule has 0 saturated carbocycles. The first-order valence-electron chi connectivity index (χ1n) is 10.9. The number of carbonyl (C=O) groups is 2. The molecule has 0 saturated heterocycles. The molecule has 1 aliphatic heterocycles. The third-order valence-corrected chi connectivity index (χ3v) is 6.59. The molecule has 0 fully saturated rings. The number of amides is 1.